The first kappa shape index (κ1) is 13.8. The maximum Gasteiger partial charge on any atom is 0.416 e. The number of hydrogen-bond acceptors (Lipinski definition) is 2. The molecule has 1 aromatic rings. The lowest BCUT2D eigenvalue weighted by Crippen LogP contribution is -2.25. The molecule has 1 aromatic carbocycles. The van der Waals surface area contributed by atoms with Crippen LogP contribution in [0, 0.1) is 0 Å². The first-order valence-electron chi connectivity index (χ1n) is 4.70. The molecule has 0 aliphatic heterocycles. The number of amides is 2. The van der Waals surface area contributed by atoms with E-state index in [0.29, 0.717) is 0 Å². The van der Waals surface area contributed by atoms with Crippen molar-refractivity contribution in [2.24, 2.45) is 11.5 Å². The molecule has 4 N–H and O–H groups in total. The van der Waals surface area contributed by atoms with Crippen LogP contribution in [0.25, 0.3) is 6.08 Å². The van der Waals surface area contributed by atoms with Crippen molar-refractivity contribution >= 4 is 17.9 Å². The van der Waals surface area contributed by atoms with Crippen molar-refractivity contribution in [2.75, 3.05) is 0 Å². The lowest BCUT2D eigenvalue weighted by molar-refractivity contribution is -0.137. The van der Waals surface area contributed by atoms with E-state index < -0.39 is 29.1 Å². The third-order valence-electron chi connectivity index (χ3n) is 2.08. The SMILES string of the molecule is NC(=O)C(=Cc1ccc(C(F)(F)F)cc1)C(N)=O. The molecule has 1 rings (SSSR count). The zero-order valence-corrected chi connectivity index (χ0v) is 8.99. The second-order valence-corrected chi connectivity index (χ2v) is 3.41. The highest BCUT2D eigenvalue weighted by atomic mass is 19.4. The zero-order chi connectivity index (χ0) is 13.9. The van der Waals surface area contributed by atoms with Crippen LogP contribution < -0.4 is 11.5 Å². The predicted octanol–water partition coefficient (Wildman–Crippen LogP) is 1.06. The van der Waals surface area contributed by atoms with Gasteiger partial charge in [-0.2, -0.15) is 13.2 Å². The second kappa shape index (κ2) is 4.91. The van der Waals surface area contributed by atoms with Crippen molar-refractivity contribution in [3.8, 4) is 0 Å². The number of primary amides is 2. The lowest BCUT2D eigenvalue weighted by atomic mass is 10.1. The smallest absolute Gasteiger partial charge is 0.365 e. The van der Waals surface area contributed by atoms with Crippen LogP contribution in [0.4, 0.5) is 13.2 Å². The number of rotatable bonds is 3. The minimum atomic E-state index is -4.45. The van der Waals surface area contributed by atoms with Crippen LogP contribution in [0.1, 0.15) is 11.1 Å². The highest BCUT2D eigenvalue weighted by Crippen LogP contribution is 2.29. The largest absolute Gasteiger partial charge is 0.416 e. The number of benzene rings is 1. The van der Waals surface area contributed by atoms with Crippen LogP contribution in [0.15, 0.2) is 29.8 Å². The Morgan fingerprint density at radius 1 is 1.00 bits per heavy atom. The Morgan fingerprint density at radius 3 is 1.78 bits per heavy atom. The molecule has 0 bridgehead atoms. The van der Waals surface area contributed by atoms with Crippen molar-refractivity contribution in [1.82, 2.24) is 0 Å². The van der Waals surface area contributed by atoms with E-state index >= 15 is 0 Å². The van der Waals surface area contributed by atoms with Crippen molar-refractivity contribution in [2.45, 2.75) is 6.18 Å². The monoisotopic (exact) mass is 258 g/mol. The summed E-state index contributed by atoms with van der Waals surface area (Å²) in [5, 5.41) is 0. The maximum atomic E-state index is 12.3. The van der Waals surface area contributed by atoms with E-state index in [2.05, 4.69) is 0 Å². The summed E-state index contributed by atoms with van der Waals surface area (Å²) in [6.07, 6.45) is -3.41. The van der Waals surface area contributed by atoms with Crippen LogP contribution in [0.3, 0.4) is 0 Å². The van der Waals surface area contributed by atoms with Gasteiger partial charge in [0.25, 0.3) is 11.8 Å². The predicted molar refractivity (Wildman–Crippen MR) is 57.8 cm³/mol. The zero-order valence-electron chi connectivity index (χ0n) is 8.99. The molecule has 0 aliphatic rings. The van der Waals surface area contributed by atoms with Gasteiger partial charge in [0.1, 0.15) is 5.57 Å². The van der Waals surface area contributed by atoms with E-state index in [0.717, 1.165) is 30.3 Å². The van der Waals surface area contributed by atoms with Gasteiger partial charge in [0.15, 0.2) is 0 Å². The number of halogens is 3. The fraction of sp³-hybridized carbons (Fsp3) is 0.0909. The molecule has 4 nitrogen and oxygen atoms in total. The summed E-state index contributed by atoms with van der Waals surface area (Å²) in [4.78, 5) is 21.7. The summed E-state index contributed by atoms with van der Waals surface area (Å²) in [6, 6.07) is 3.86. The first-order chi connectivity index (χ1) is 8.21. The molecule has 0 heterocycles. The van der Waals surface area contributed by atoms with E-state index in [1.807, 2.05) is 0 Å². The van der Waals surface area contributed by atoms with Crippen LogP contribution in [-0.4, -0.2) is 11.8 Å². The molecule has 0 aromatic heterocycles. The average molecular weight is 258 g/mol. The molecule has 2 amide bonds. The number of alkyl halides is 3. The van der Waals surface area contributed by atoms with E-state index in [4.69, 9.17) is 11.5 Å². The topological polar surface area (TPSA) is 86.2 Å². The normalized spacial score (nSPS) is 10.8. The minimum Gasteiger partial charge on any atom is -0.365 e. The molecule has 96 valence electrons. The third kappa shape index (κ3) is 3.34. The molecule has 7 heteroatoms. The molecule has 0 atom stereocenters. The van der Waals surface area contributed by atoms with Crippen molar-refractivity contribution < 1.29 is 22.8 Å². The highest BCUT2D eigenvalue weighted by molar-refractivity contribution is 6.20. The van der Waals surface area contributed by atoms with Crippen LogP contribution in [0.2, 0.25) is 0 Å². The molecule has 0 radical (unpaired) electrons. The number of nitrogens with two attached hydrogens (primary N) is 2. The van der Waals surface area contributed by atoms with Crippen LogP contribution in [-0.2, 0) is 15.8 Å². The van der Waals surface area contributed by atoms with Gasteiger partial charge in [-0.15, -0.1) is 0 Å². The highest BCUT2D eigenvalue weighted by Gasteiger charge is 2.29. The molecule has 0 aliphatic carbocycles. The van der Waals surface area contributed by atoms with Crippen molar-refractivity contribution in [3.05, 3.63) is 41.0 Å². The summed E-state index contributed by atoms with van der Waals surface area (Å²) in [7, 11) is 0. The Hall–Kier alpha value is -2.31. The standard InChI is InChI=1S/C11H9F3N2O2/c12-11(13,14)7-3-1-6(2-4-7)5-8(9(15)17)10(16)18/h1-5H,(H2,15,17)(H2,16,18). The summed E-state index contributed by atoms with van der Waals surface area (Å²) in [6.45, 7) is 0. The Morgan fingerprint density at radius 2 is 1.44 bits per heavy atom. The fourth-order valence-electron chi connectivity index (χ4n) is 1.20. The minimum absolute atomic E-state index is 0.218. The van der Waals surface area contributed by atoms with Gasteiger partial charge in [-0.25, -0.2) is 0 Å². The van der Waals surface area contributed by atoms with Gasteiger partial charge in [-0.3, -0.25) is 9.59 Å². The van der Waals surface area contributed by atoms with Gasteiger partial charge in [-0.1, -0.05) is 12.1 Å². The van der Waals surface area contributed by atoms with E-state index in [9.17, 15) is 22.8 Å². The quantitative estimate of drug-likeness (QED) is 0.482. The third-order valence-corrected chi connectivity index (χ3v) is 2.08. The Bertz CT molecular complexity index is 488. The molecular formula is C11H9F3N2O2. The number of hydrogen-bond donors (Lipinski definition) is 2. The molecule has 0 spiro atoms. The molecule has 18 heavy (non-hydrogen) atoms. The van der Waals surface area contributed by atoms with Gasteiger partial charge in [-0.05, 0) is 23.8 Å². The van der Waals surface area contributed by atoms with Gasteiger partial charge in [0, 0.05) is 0 Å². The van der Waals surface area contributed by atoms with Crippen molar-refractivity contribution in [3.63, 3.8) is 0 Å². The maximum absolute atomic E-state index is 12.3. The molecule has 0 saturated carbocycles. The second-order valence-electron chi connectivity index (χ2n) is 3.41. The van der Waals surface area contributed by atoms with Gasteiger partial charge in [0.05, 0.1) is 5.56 Å². The molecule has 0 unspecified atom stereocenters. The van der Waals surface area contributed by atoms with Gasteiger partial charge >= 0.3 is 6.18 Å². The van der Waals surface area contributed by atoms with Crippen LogP contribution >= 0.6 is 0 Å². The summed E-state index contributed by atoms with van der Waals surface area (Å²) < 4.78 is 36.8. The molecule has 0 saturated heterocycles. The summed E-state index contributed by atoms with van der Waals surface area (Å²) >= 11 is 0. The van der Waals surface area contributed by atoms with Gasteiger partial charge < -0.3 is 11.5 Å². The average Bonchev–Trinajstić information content (AvgIpc) is 2.24. The Balaban J connectivity index is 3.09. The molecule has 0 fully saturated rings. The number of carbonyl (C=O) groups is 2. The Labute approximate surface area is 100 Å². The molecular weight excluding hydrogens is 249 g/mol. The van der Waals surface area contributed by atoms with Crippen LogP contribution in [0.5, 0.6) is 0 Å². The van der Waals surface area contributed by atoms with E-state index in [1.165, 1.54) is 0 Å². The van der Waals surface area contributed by atoms with E-state index in [1.54, 1.807) is 0 Å². The lowest BCUT2D eigenvalue weighted by Gasteiger charge is -2.06. The summed E-state index contributed by atoms with van der Waals surface area (Å²) in [5.41, 5.74) is 8.70. The fourth-order valence-corrected chi connectivity index (χ4v) is 1.20. The van der Waals surface area contributed by atoms with Crippen molar-refractivity contribution in [1.29, 1.82) is 0 Å². The van der Waals surface area contributed by atoms with E-state index in [-0.39, 0.29) is 5.56 Å². The first-order valence-corrected chi connectivity index (χ1v) is 4.70. The van der Waals surface area contributed by atoms with Gasteiger partial charge in [0.2, 0.25) is 0 Å². The number of carbonyl (C=O) groups excluding carboxylic acids is 2. The Kier molecular flexibility index (Phi) is 3.75. The summed E-state index contributed by atoms with van der Waals surface area (Å²) in [5.74, 6) is -2.08.